The van der Waals surface area contributed by atoms with Crippen molar-refractivity contribution in [2.75, 3.05) is 12.3 Å². The van der Waals surface area contributed by atoms with Gasteiger partial charge in [0.1, 0.15) is 12.3 Å². The Hall–Kier alpha value is -1.68. The van der Waals surface area contributed by atoms with Crippen molar-refractivity contribution in [1.82, 2.24) is 19.5 Å². The van der Waals surface area contributed by atoms with Crippen molar-refractivity contribution in [2.24, 2.45) is 0 Å². The Balaban J connectivity index is 2.13. The third-order valence-electron chi connectivity index (χ3n) is 3.20. The average Bonchev–Trinajstić information content (AvgIpc) is 2.89. The number of ether oxygens (including phenoxy) is 1. The number of hydrogen-bond donors (Lipinski definition) is 4. The SMILES string of the molecule is Nc1nc2c(nc(Cl)n2C2CC(O)C(CO)O2)c(=O)[nH]1. The summed E-state index contributed by atoms with van der Waals surface area (Å²) in [6.07, 6.45) is -2.02. The Bertz CT molecular complexity index is 713. The third kappa shape index (κ3) is 1.95. The van der Waals surface area contributed by atoms with E-state index in [2.05, 4.69) is 15.0 Å². The van der Waals surface area contributed by atoms with Crippen LogP contribution in [0.2, 0.25) is 5.28 Å². The summed E-state index contributed by atoms with van der Waals surface area (Å²) in [4.78, 5) is 22.0. The highest BCUT2D eigenvalue weighted by molar-refractivity contribution is 6.29. The largest absolute Gasteiger partial charge is 0.394 e. The van der Waals surface area contributed by atoms with Crippen LogP contribution in [0.3, 0.4) is 0 Å². The molecule has 20 heavy (non-hydrogen) atoms. The summed E-state index contributed by atoms with van der Waals surface area (Å²) in [6, 6.07) is 0. The smallest absolute Gasteiger partial charge is 0.280 e. The van der Waals surface area contributed by atoms with Crippen molar-refractivity contribution in [3.05, 3.63) is 15.6 Å². The van der Waals surface area contributed by atoms with E-state index in [0.29, 0.717) is 0 Å². The molecule has 1 saturated heterocycles. The van der Waals surface area contributed by atoms with Crippen LogP contribution in [0.4, 0.5) is 5.95 Å². The highest BCUT2D eigenvalue weighted by atomic mass is 35.5. The lowest BCUT2D eigenvalue weighted by atomic mass is 10.2. The molecule has 3 atom stereocenters. The lowest BCUT2D eigenvalue weighted by molar-refractivity contribution is -0.0431. The number of hydrogen-bond acceptors (Lipinski definition) is 7. The van der Waals surface area contributed by atoms with Gasteiger partial charge in [0.15, 0.2) is 11.2 Å². The molecule has 0 radical (unpaired) electrons. The zero-order valence-corrected chi connectivity index (χ0v) is 10.9. The average molecular weight is 302 g/mol. The molecule has 1 fully saturated rings. The first-order valence-electron chi connectivity index (χ1n) is 5.89. The molecule has 9 nitrogen and oxygen atoms in total. The third-order valence-corrected chi connectivity index (χ3v) is 3.46. The van der Waals surface area contributed by atoms with Gasteiger partial charge in [-0.1, -0.05) is 0 Å². The predicted octanol–water partition coefficient (Wildman–Crippen LogP) is -1.00. The molecule has 1 aliphatic heterocycles. The zero-order valence-electron chi connectivity index (χ0n) is 10.2. The quantitative estimate of drug-likeness (QED) is 0.521. The van der Waals surface area contributed by atoms with E-state index in [9.17, 15) is 9.90 Å². The molecule has 3 unspecified atom stereocenters. The van der Waals surface area contributed by atoms with Crippen LogP contribution >= 0.6 is 11.6 Å². The minimum Gasteiger partial charge on any atom is -0.394 e. The van der Waals surface area contributed by atoms with E-state index < -0.39 is 24.0 Å². The fourth-order valence-corrected chi connectivity index (χ4v) is 2.54. The molecular weight excluding hydrogens is 290 g/mol. The van der Waals surface area contributed by atoms with Gasteiger partial charge >= 0.3 is 0 Å². The number of fused-ring (bicyclic) bond motifs is 1. The van der Waals surface area contributed by atoms with Crippen molar-refractivity contribution in [1.29, 1.82) is 0 Å². The second-order valence-electron chi connectivity index (χ2n) is 4.49. The first-order chi connectivity index (χ1) is 9.51. The van der Waals surface area contributed by atoms with Gasteiger partial charge < -0.3 is 20.7 Å². The summed E-state index contributed by atoms with van der Waals surface area (Å²) in [7, 11) is 0. The summed E-state index contributed by atoms with van der Waals surface area (Å²) in [5, 5.41) is 18.8. The highest BCUT2D eigenvalue weighted by Crippen LogP contribution is 2.33. The number of halogens is 1. The lowest BCUT2D eigenvalue weighted by Crippen LogP contribution is -2.24. The molecule has 3 heterocycles. The van der Waals surface area contributed by atoms with E-state index in [1.807, 2.05) is 0 Å². The number of H-pyrrole nitrogens is 1. The van der Waals surface area contributed by atoms with Crippen molar-refractivity contribution in [2.45, 2.75) is 24.9 Å². The molecule has 5 N–H and O–H groups in total. The molecule has 1 aliphatic rings. The Morgan fingerprint density at radius 3 is 2.95 bits per heavy atom. The van der Waals surface area contributed by atoms with Gasteiger partial charge in [-0.3, -0.25) is 14.3 Å². The van der Waals surface area contributed by atoms with Crippen molar-refractivity contribution in [3.63, 3.8) is 0 Å². The Labute approximate surface area is 117 Å². The molecule has 108 valence electrons. The van der Waals surface area contributed by atoms with Gasteiger partial charge in [0.05, 0.1) is 12.7 Å². The van der Waals surface area contributed by atoms with Gasteiger partial charge in [-0.2, -0.15) is 4.98 Å². The lowest BCUT2D eigenvalue weighted by Gasteiger charge is -2.14. The zero-order chi connectivity index (χ0) is 14.4. The Morgan fingerprint density at radius 1 is 1.55 bits per heavy atom. The molecule has 0 saturated carbocycles. The van der Waals surface area contributed by atoms with E-state index in [1.54, 1.807) is 0 Å². The number of nitrogen functional groups attached to an aromatic ring is 1. The van der Waals surface area contributed by atoms with Crippen LogP contribution in [-0.2, 0) is 4.74 Å². The van der Waals surface area contributed by atoms with Crippen LogP contribution in [0.15, 0.2) is 4.79 Å². The molecule has 0 aromatic carbocycles. The minimum atomic E-state index is -0.835. The van der Waals surface area contributed by atoms with Crippen LogP contribution in [0.1, 0.15) is 12.6 Å². The van der Waals surface area contributed by atoms with Gasteiger partial charge in [-0.25, -0.2) is 4.98 Å². The maximum atomic E-state index is 11.7. The molecule has 10 heteroatoms. The Kier molecular flexibility index (Phi) is 3.13. The van der Waals surface area contributed by atoms with Crippen LogP contribution in [0.5, 0.6) is 0 Å². The second kappa shape index (κ2) is 4.70. The molecule has 2 aromatic rings. The predicted molar refractivity (Wildman–Crippen MR) is 69.2 cm³/mol. The summed E-state index contributed by atoms with van der Waals surface area (Å²) in [5.74, 6) is -0.0717. The van der Waals surface area contributed by atoms with Crippen LogP contribution in [0.25, 0.3) is 11.2 Å². The number of nitrogens with one attached hydrogen (secondary N) is 1. The van der Waals surface area contributed by atoms with Gasteiger partial charge in [-0.15, -0.1) is 0 Å². The molecular formula is C10H12ClN5O4. The number of aromatic amines is 1. The van der Waals surface area contributed by atoms with Crippen molar-refractivity contribution >= 4 is 28.7 Å². The monoisotopic (exact) mass is 301 g/mol. The first kappa shape index (κ1) is 13.3. The number of rotatable bonds is 2. The molecule has 0 aliphatic carbocycles. The molecule has 3 rings (SSSR count). The van der Waals surface area contributed by atoms with E-state index >= 15 is 0 Å². The first-order valence-corrected chi connectivity index (χ1v) is 6.26. The topological polar surface area (TPSA) is 139 Å². The molecule has 0 amide bonds. The van der Waals surface area contributed by atoms with Gasteiger partial charge in [0.2, 0.25) is 11.2 Å². The van der Waals surface area contributed by atoms with Crippen molar-refractivity contribution in [3.8, 4) is 0 Å². The van der Waals surface area contributed by atoms with E-state index in [1.165, 1.54) is 4.57 Å². The van der Waals surface area contributed by atoms with E-state index in [0.717, 1.165) is 0 Å². The molecule has 0 bridgehead atoms. The normalized spacial score (nSPS) is 26.4. The summed E-state index contributed by atoms with van der Waals surface area (Å²) < 4.78 is 6.86. The van der Waals surface area contributed by atoms with E-state index in [4.69, 9.17) is 27.2 Å². The second-order valence-corrected chi connectivity index (χ2v) is 4.83. The number of aliphatic hydroxyl groups excluding tert-OH is 2. The van der Waals surface area contributed by atoms with Crippen LogP contribution < -0.4 is 11.3 Å². The maximum absolute atomic E-state index is 11.7. The summed E-state index contributed by atoms with van der Waals surface area (Å²) in [6.45, 7) is -0.321. The summed E-state index contributed by atoms with van der Waals surface area (Å²) in [5.41, 5.74) is 5.20. The number of nitrogens with two attached hydrogens (primary N) is 1. The van der Waals surface area contributed by atoms with Gasteiger partial charge in [-0.05, 0) is 11.6 Å². The number of imidazole rings is 1. The van der Waals surface area contributed by atoms with Crippen LogP contribution in [0, 0.1) is 0 Å². The number of nitrogens with zero attached hydrogens (tertiary/aromatic N) is 3. The molecule has 0 spiro atoms. The van der Waals surface area contributed by atoms with E-state index in [-0.39, 0.29) is 35.4 Å². The Morgan fingerprint density at radius 2 is 2.30 bits per heavy atom. The number of aliphatic hydroxyl groups is 2. The fourth-order valence-electron chi connectivity index (χ4n) is 2.27. The van der Waals surface area contributed by atoms with Gasteiger partial charge in [0.25, 0.3) is 5.56 Å². The number of anilines is 1. The summed E-state index contributed by atoms with van der Waals surface area (Å²) >= 11 is 6.00. The van der Waals surface area contributed by atoms with Gasteiger partial charge in [0, 0.05) is 6.42 Å². The standard InChI is InChI=1S/C10H12ClN5O4/c11-9-13-6-7(14-10(12)15-8(6)19)16(9)5-1-3(18)4(2-17)20-5/h3-5,17-18H,1-2H2,(H3,12,14,15,19). The number of aromatic nitrogens is 4. The molecule has 2 aromatic heterocycles. The van der Waals surface area contributed by atoms with Crippen LogP contribution in [-0.4, -0.2) is 48.5 Å². The van der Waals surface area contributed by atoms with Crippen molar-refractivity contribution < 1.29 is 14.9 Å². The fraction of sp³-hybridized carbons (Fsp3) is 0.500. The minimum absolute atomic E-state index is 0.000565. The maximum Gasteiger partial charge on any atom is 0.280 e. The highest BCUT2D eigenvalue weighted by Gasteiger charge is 2.36.